The number of nitro benzene ring substituents is 1. The summed E-state index contributed by atoms with van der Waals surface area (Å²) in [6, 6.07) is 11.2. The van der Waals surface area contributed by atoms with Crippen molar-refractivity contribution in [3.05, 3.63) is 68.3 Å². The fourth-order valence-electron chi connectivity index (χ4n) is 2.25. The highest BCUT2D eigenvalue weighted by Gasteiger charge is 2.13. The smallest absolute Gasteiger partial charge is 0.271 e. The summed E-state index contributed by atoms with van der Waals surface area (Å²) >= 11 is 3.10. The van der Waals surface area contributed by atoms with Gasteiger partial charge in [-0.05, 0) is 40.2 Å². The molecule has 1 aromatic heterocycles. The van der Waals surface area contributed by atoms with Crippen molar-refractivity contribution in [3.63, 3.8) is 0 Å². The highest BCUT2D eigenvalue weighted by molar-refractivity contribution is 9.10. The van der Waals surface area contributed by atoms with Gasteiger partial charge >= 0.3 is 0 Å². The first-order chi connectivity index (χ1) is 11.5. The van der Waals surface area contributed by atoms with Gasteiger partial charge in [-0.2, -0.15) is 0 Å². The number of rotatable bonds is 3. The van der Waals surface area contributed by atoms with Crippen molar-refractivity contribution in [2.75, 3.05) is 0 Å². The Bertz CT molecular complexity index is 986. The molecule has 0 amide bonds. The molecule has 0 unspecified atom stereocenters. The molecule has 0 radical (unpaired) electrons. The van der Waals surface area contributed by atoms with Gasteiger partial charge in [-0.15, -0.1) is 0 Å². The van der Waals surface area contributed by atoms with Crippen LogP contribution in [-0.4, -0.2) is 20.1 Å². The average Bonchev–Trinajstić information content (AvgIpc) is 2.56. The molecule has 3 aromatic rings. The molecule has 1 heterocycles. The lowest BCUT2D eigenvalue weighted by Crippen LogP contribution is -1.89. The van der Waals surface area contributed by atoms with Gasteiger partial charge in [-0.3, -0.25) is 10.1 Å². The zero-order valence-electron chi connectivity index (χ0n) is 12.2. The Hall–Kier alpha value is -2.93. The summed E-state index contributed by atoms with van der Waals surface area (Å²) in [4.78, 5) is 14.7. The number of pyridine rings is 1. The summed E-state index contributed by atoms with van der Waals surface area (Å²) < 4.78 is 0.237. The van der Waals surface area contributed by atoms with Gasteiger partial charge in [-0.1, -0.05) is 18.2 Å². The van der Waals surface area contributed by atoms with Crippen molar-refractivity contribution in [2.45, 2.75) is 0 Å². The number of hydrogen-bond acceptors (Lipinski definition) is 5. The zero-order valence-corrected chi connectivity index (χ0v) is 13.8. The van der Waals surface area contributed by atoms with Crippen LogP contribution in [0.15, 0.2) is 46.9 Å². The average molecular weight is 387 g/mol. The molecule has 3 rings (SSSR count). The van der Waals surface area contributed by atoms with Crippen molar-refractivity contribution in [3.8, 4) is 11.5 Å². The van der Waals surface area contributed by atoms with Crippen molar-refractivity contribution >= 4 is 44.7 Å². The molecule has 24 heavy (non-hydrogen) atoms. The van der Waals surface area contributed by atoms with E-state index in [1.54, 1.807) is 24.3 Å². The molecule has 0 aliphatic heterocycles. The molecule has 0 atom stereocenters. The highest BCUT2D eigenvalue weighted by Crippen LogP contribution is 2.33. The van der Waals surface area contributed by atoms with Crippen molar-refractivity contribution in [2.24, 2.45) is 0 Å². The first-order valence-electron chi connectivity index (χ1n) is 6.89. The fourth-order valence-corrected chi connectivity index (χ4v) is 2.72. The second-order valence-electron chi connectivity index (χ2n) is 5.04. The van der Waals surface area contributed by atoms with E-state index in [9.17, 15) is 20.3 Å². The van der Waals surface area contributed by atoms with Crippen LogP contribution >= 0.6 is 15.9 Å². The number of nitrogens with zero attached hydrogens (tertiary/aromatic N) is 2. The molecule has 0 aliphatic rings. The van der Waals surface area contributed by atoms with E-state index in [1.165, 1.54) is 18.2 Å². The largest absolute Gasteiger partial charge is 0.506 e. The highest BCUT2D eigenvalue weighted by atomic mass is 79.9. The van der Waals surface area contributed by atoms with Crippen molar-refractivity contribution in [1.82, 2.24) is 4.98 Å². The second kappa shape index (κ2) is 6.29. The predicted molar refractivity (Wildman–Crippen MR) is 94.8 cm³/mol. The van der Waals surface area contributed by atoms with E-state index in [2.05, 4.69) is 20.9 Å². The van der Waals surface area contributed by atoms with Crippen LogP contribution in [0.4, 0.5) is 5.69 Å². The predicted octanol–water partition coefficient (Wildman–Crippen LogP) is 4.49. The number of halogens is 1. The molecule has 7 heteroatoms. The van der Waals surface area contributed by atoms with Gasteiger partial charge < -0.3 is 10.2 Å². The van der Waals surface area contributed by atoms with E-state index in [0.717, 1.165) is 5.39 Å². The Morgan fingerprint density at radius 1 is 1.12 bits per heavy atom. The number of aromatic hydroxyl groups is 2. The van der Waals surface area contributed by atoms with E-state index < -0.39 is 4.92 Å². The number of phenols is 2. The van der Waals surface area contributed by atoms with Crippen LogP contribution in [0.1, 0.15) is 11.3 Å². The van der Waals surface area contributed by atoms with E-state index in [0.29, 0.717) is 11.2 Å². The van der Waals surface area contributed by atoms with Crippen LogP contribution in [0.25, 0.3) is 23.1 Å². The number of benzene rings is 2. The van der Waals surface area contributed by atoms with Crippen LogP contribution in [0.3, 0.4) is 0 Å². The number of non-ortho nitro benzene ring substituents is 1. The number of nitro groups is 1. The lowest BCUT2D eigenvalue weighted by Gasteiger charge is -2.03. The van der Waals surface area contributed by atoms with Gasteiger partial charge in [0.1, 0.15) is 17.0 Å². The van der Waals surface area contributed by atoms with Gasteiger partial charge in [0.15, 0.2) is 0 Å². The van der Waals surface area contributed by atoms with Crippen molar-refractivity contribution < 1.29 is 15.1 Å². The van der Waals surface area contributed by atoms with Crippen LogP contribution in [-0.2, 0) is 0 Å². The van der Waals surface area contributed by atoms with E-state index in [4.69, 9.17) is 0 Å². The lowest BCUT2D eigenvalue weighted by molar-refractivity contribution is -0.385. The molecule has 2 N–H and O–H groups in total. The summed E-state index contributed by atoms with van der Waals surface area (Å²) in [5.74, 6) is -0.0239. The minimum atomic E-state index is -0.534. The molecule has 0 aliphatic carbocycles. The molecule has 0 saturated carbocycles. The normalized spacial score (nSPS) is 11.2. The van der Waals surface area contributed by atoms with E-state index >= 15 is 0 Å². The third-order valence-electron chi connectivity index (χ3n) is 3.44. The second-order valence-corrected chi connectivity index (χ2v) is 5.90. The summed E-state index contributed by atoms with van der Waals surface area (Å²) in [5.41, 5.74) is 1.16. The van der Waals surface area contributed by atoms with Crippen LogP contribution in [0.5, 0.6) is 11.5 Å². The number of hydrogen-bond donors (Lipinski definition) is 2. The molecular weight excluding hydrogens is 376 g/mol. The number of aromatic nitrogens is 1. The van der Waals surface area contributed by atoms with Crippen molar-refractivity contribution in [1.29, 1.82) is 0 Å². The van der Waals surface area contributed by atoms with Crippen LogP contribution < -0.4 is 0 Å². The summed E-state index contributed by atoms with van der Waals surface area (Å²) in [6.07, 6.45) is 3.14. The molecule has 2 aromatic carbocycles. The van der Waals surface area contributed by atoms with Gasteiger partial charge in [0.25, 0.3) is 5.69 Å². The first-order valence-corrected chi connectivity index (χ1v) is 7.69. The molecule has 0 bridgehead atoms. The van der Waals surface area contributed by atoms with Gasteiger partial charge in [0, 0.05) is 23.1 Å². The van der Waals surface area contributed by atoms with Gasteiger partial charge in [0.05, 0.1) is 15.1 Å². The van der Waals surface area contributed by atoms with Gasteiger partial charge in [0.2, 0.25) is 0 Å². The number of phenolic OH excluding ortho intramolecular Hbond substituents is 2. The van der Waals surface area contributed by atoms with Crippen LogP contribution in [0.2, 0.25) is 0 Å². The summed E-state index contributed by atoms with van der Waals surface area (Å²) in [5, 5.41) is 31.6. The first kappa shape index (κ1) is 15.9. The molecular formula is C17H11BrN2O4. The monoisotopic (exact) mass is 386 g/mol. The minimum absolute atomic E-state index is 0.0729. The summed E-state index contributed by atoms with van der Waals surface area (Å²) in [7, 11) is 0. The Kier molecular flexibility index (Phi) is 4.18. The van der Waals surface area contributed by atoms with E-state index in [-0.39, 0.29) is 27.2 Å². The number of para-hydroxylation sites is 1. The third kappa shape index (κ3) is 3.07. The quantitative estimate of drug-likeness (QED) is 0.510. The fraction of sp³-hybridized carbons (Fsp3) is 0. The number of fused-ring (bicyclic) bond motifs is 1. The molecule has 120 valence electrons. The standard InChI is InChI=1S/C17H11BrN2O4/c18-14-9-13(20(23)24)8-11(17(14)22)5-7-12-6-4-10-2-1-3-15(21)16(10)19-12/h1-9,21-22H/b7-5+. The Morgan fingerprint density at radius 3 is 2.67 bits per heavy atom. The Labute approximate surface area is 145 Å². The maximum atomic E-state index is 10.9. The summed E-state index contributed by atoms with van der Waals surface area (Å²) in [6.45, 7) is 0. The van der Waals surface area contributed by atoms with Gasteiger partial charge in [-0.25, -0.2) is 4.98 Å². The zero-order chi connectivity index (χ0) is 17.3. The molecule has 0 fully saturated rings. The van der Waals surface area contributed by atoms with E-state index in [1.807, 2.05) is 12.1 Å². The molecule has 0 spiro atoms. The third-order valence-corrected chi connectivity index (χ3v) is 4.05. The SMILES string of the molecule is O=[N+]([O-])c1cc(Br)c(O)c(/C=C/c2ccc3cccc(O)c3n2)c1. The minimum Gasteiger partial charge on any atom is -0.506 e. The molecule has 0 saturated heterocycles. The Morgan fingerprint density at radius 2 is 1.92 bits per heavy atom. The lowest BCUT2D eigenvalue weighted by atomic mass is 10.1. The Balaban J connectivity index is 2.02. The maximum absolute atomic E-state index is 10.9. The maximum Gasteiger partial charge on any atom is 0.271 e. The topological polar surface area (TPSA) is 96.5 Å². The van der Waals surface area contributed by atoms with Crippen LogP contribution in [0, 0.1) is 10.1 Å². The molecule has 6 nitrogen and oxygen atoms in total.